The van der Waals surface area contributed by atoms with E-state index in [-0.39, 0.29) is 0 Å². The van der Waals surface area contributed by atoms with Crippen molar-refractivity contribution in [1.29, 1.82) is 0 Å². The quantitative estimate of drug-likeness (QED) is 0.564. The number of rotatable bonds is 1. The first-order valence-electron chi connectivity index (χ1n) is 5.69. The van der Waals surface area contributed by atoms with Gasteiger partial charge in [-0.25, -0.2) is 0 Å². The molecule has 4 N–H and O–H groups in total. The molecule has 4 heteroatoms. The molecule has 0 unspecified atom stereocenters. The third-order valence-electron chi connectivity index (χ3n) is 2.75. The van der Waals surface area contributed by atoms with Crippen LogP contribution in [0.2, 0.25) is 0 Å². The number of aromatic nitrogens is 3. The maximum Gasteiger partial charge on any atom is 0.116 e. The zero-order valence-corrected chi connectivity index (χ0v) is 9.70. The van der Waals surface area contributed by atoms with E-state index in [1.807, 2.05) is 36.5 Å². The molecular formula is C14H12N4. The highest BCUT2D eigenvalue weighted by Gasteiger charge is 2.08. The van der Waals surface area contributed by atoms with Gasteiger partial charge in [0.25, 0.3) is 0 Å². The van der Waals surface area contributed by atoms with Crippen LogP contribution in [0.25, 0.3) is 22.3 Å². The summed E-state index contributed by atoms with van der Waals surface area (Å²) >= 11 is 0. The number of aromatic amines is 2. The Morgan fingerprint density at radius 2 is 2.22 bits per heavy atom. The van der Waals surface area contributed by atoms with Crippen molar-refractivity contribution in [2.45, 2.75) is 0 Å². The number of fused-ring (bicyclic) bond motifs is 1. The Morgan fingerprint density at radius 1 is 1.28 bits per heavy atom. The third-order valence-corrected chi connectivity index (χ3v) is 2.75. The zero-order valence-electron chi connectivity index (χ0n) is 9.70. The number of nitrogens with two attached hydrogens (primary N) is 1. The van der Waals surface area contributed by atoms with E-state index in [1.165, 1.54) is 0 Å². The third kappa shape index (κ3) is 1.77. The molecule has 1 aromatic carbocycles. The van der Waals surface area contributed by atoms with Crippen LogP contribution in [-0.2, 0) is 0 Å². The monoisotopic (exact) mass is 236 g/mol. The first kappa shape index (κ1) is 10.6. The van der Waals surface area contributed by atoms with Crippen LogP contribution < -0.4 is 5.73 Å². The smallest absolute Gasteiger partial charge is 0.116 e. The second kappa shape index (κ2) is 4.40. The summed E-state index contributed by atoms with van der Waals surface area (Å²) in [5.74, 6) is 5.85. The zero-order chi connectivity index (χ0) is 12.4. The van der Waals surface area contributed by atoms with Gasteiger partial charge in [0.2, 0.25) is 0 Å². The van der Waals surface area contributed by atoms with Crippen molar-refractivity contribution in [3.8, 4) is 23.2 Å². The Kier molecular flexibility index (Phi) is 2.60. The van der Waals surface area contributed by atoms with Gasteiger partial charge in [0.15, 0.2) is 0 Å². The van der Waals surface area contributed by atoms with Crippen LogP contribution >= 0.6 is 0 Å². The molecule has 2 heterocycles. The number of benzene rings is 1. The second-order valence-electron chi connectivity index (χ2n) is 3.92. The number of nitrogens with zero attached hydrogens (tertiary/aromatic N) is 1. The normalized spacial score (nSPS) is 10.3. The van der Waals surface area contributed by atoms with Crippen molar-refractivity contribution in [3.05, 3.63) is 42.1 Å². The van der Waals surface area contributed by atoms with Crippen molar-refractivity contribution >= 4 is 10.9 Å². The van der Waals surface area contributed by atoms with Crippen LogP contribution in [0, 0.1) is 11.8 Å². The molecule has 0 radical (unpaired) electrons. The van der Waals surface area contributed by atoms with Crippen LogP contribution in [0.1, 0.15) is 5.56 Å². The molecule has 0 aliphatic heterocycles. The van der Waals surface area contributed by atoms with Crippen LogP contribution in [-0.4, -0.2) is 21.7 Å². The molecule has 0 saturated carbocycles. The van der Waals surface area contributed by atoms with Crippen LogP contribution in [0.5, 0.6) is 0 Å². The average molecular weight is 236 g/mol. The predicted octanol–water partition coefficient (Wildman–Crippen LogP) is 1.87. The van der Waals surface area contributed by atoms with E-state index in [0.29, 0.717) is 6.54 Å². The molecule has 0 amide bonds. The SMILES string of the molecule is NCC#Cc1ccc2c(-c3ccc[nH]3)n[nH]c2c1. The van der Waals surface area contributed by atoms with Gasteiger partial charge in [-0.05, 0) is 30.3 Å². The van der Waals surface area contributed by atoms with Gasteiger partial charge in [-0.2, -0.15) is 5.10 Å². The Bertz CT molecular complexity index is 726. The lowest BCUT2D eigenvalue weighted by Gasteiger charge is -1.94. The Hall–Kier alpha value is -2.51. The van der Waals surface area contributed by atoms with Crippen molar-refractivity contribution in [1.82, 2.24) is 15.2 Å². The number of nitrogens with one attached hydrogen (secondary N) is 2. The fourth-order valence-electron chi connectivity index (χ4n) is 1.93. The molecule has 0 fully saturated rings. The fourth-order valence-corrected chi connectivity index (χ4v) is 1.93. The first-order valence-corrected chi connectivity index (χ1v) is 5.69. The summed E-state index contributed by atoms with van der Waals surface area (Å²) in [6.45, 7) is 0.370. The highest BCUT2D eigenvalue weighted by molar-refractivity contribution is 5.92. The topological polar surface area (TPSA) is 70.5 Å². The second-order valence-corrected chi connectivity index (χ2v) is 3.92. The molecule has 2 aromatic heterocycles. The molecule has 3 rings (SSSR count). The molecule has 88 valence electrons. The maximum atomic E-state index is 5.36. The minimum atomic E-state index is 0.370. The van der Waals surface area contributed by atoms with Crippen molar-refractivity contribution in [2.24, 2.45) is 5.73 Å². The molecular weight excluding hydrogens is 224 g/mol. The van der Waals surface area contributed by atoms with Gasteiger partial charge in [-0.3, -0.25) is 5.10 Å². The van der Waals surface area contributed by atoms with E-state index in [2.05, 4.69) is 27.0 Å². The van der Waals surface area contributed by atoms with Gasteiger partial charge in [0, 0.05) is 17.1 Å². The van der Waals surface area contributed by atoms with E-state index in [0.717, 1.165) is 27.9 Å². The first-order chi connectivity index (χ1) is 8.88. The largest absolute Gasteiger partial charge is 0.360 e. The lowest BCUT2D eigenvalue weighted by Crippen LogP contribution is -1.92. The Morgan fingerprint density at radius 3 is 3.00 bits per heavy atom. The van der Waals surface area contributed by atoms with Gasteiger partial charge in [0.1, 0.15) is 5.69 Å². The van der Waals surface area contributed by atoms with E-state index >= 15 is 0 Å². The molecule has 4 nitrogen and oxygen atoms in total. The number of H-pyrrole nitrogens is 2. The summed E-state index contributed by atoms with van der Waals surface area (Å²) in [5, 5.41) is 8.43. The summed E-state index contributed by atoms with van der Waals surface area (Å²) in [6, 6.07) is 9.94. The highest BCUT2D eigenvalue weighted by Crippen LogP contribution is 2.25. The van der Waals surface area contributed by atoms with E-state index < -0.39 is 0 Å². The minimum Gasteiger partial charge on any atom is -0.360 e. The molecule has 0 aliphatic carbocycles. The van der Waals surface area contributed by atoms with Gasteiger partial charge >= 0.3 is 0 Å². The number of hydrogen-bond acceptors (Lipinski definition) is 2. The molecule has 18 heavy (non-hydrogen) atoms. The Balaban J connectivity index is 2.11. The van der Waals surface area contributed by atoms with E-state index in [4.69, 9.17) is 5.73 Å². The number of hydrogen-bond donors (Lipinski definition) is 3. The predicted molar refractivity (Wildman–Crippen MR) is 71.8 cm³/mol. The average Bonchev–Trinajstić information content (AvgIpc) is 3.04. The molecule has 0 bridgehead atoms. The highest BCUT2D eigenvalue weighted by atomic mass is 15.1. The van der Waals surface area contributed by atoms with Gasteiger partial charge < -0.3 is 10.7 Å². The van der Waals surface area contributed by atoms with Crippen LogP contribution in [0.4, 0.5) is 0 Å². The molecule has 3 aromatic rings. The lowest BCUT2D eigenvalue weighted by molar-refractivity contribution is 1.11. The van der Waals surface area contributed by atoms with Gasteiger partial charge in [-0.1, -0.05) is 11.8 Å². The summed E-state index contributed by atoms with van der Waals surface area (Å²) < 4.78 is 0. The van der Waals surface area contributed by atoms with Crippen molar-refractivity contribution < 1.29 is 0 Å². The van der Waals surface area contributed by atoms with E-state index in [9.17, 15) is 0 Å². The van der Waals surface area contributed by atoms with Gasteiger partial charge in [0.05, 0.1) is 17.8 Å². The van der Waals surface area contributed by atoms with Gasteiger partial charge in [-0.15, -0.1) is 0 Å². The fraction of sp³-hybridized carbons (Fsp3) is 0.0714. The maximum absolute atomic E-state index is 5.36. The minimum absolute atomic E-state index is 0.370. The van der Waals surface area contributed by atoms with Crippen LogP contribution in [0.15, 0.2) is 36.5 Å². The van der Waals surface area contributed by atoms with E-state index in [1.54, 1.807) is 0 Å². The molecule has 0 aliphatic rings. The lowest BCUT2D eigenvalue weighted by atomic mass is 10.1. The van der Waals surface area contributed by atoms with Crippen LogP contribution in [0.3, 0.4) is 0 Å². The molecule has 0 spiro atoms. The molecule has 0 saturated heterocycles. The summed E-state index contributed by atoms with van der Waals surface area (Å²) in [6.07, 6.45) is 1.89. The van der Waals surface area contributed by atoms with Crippen molar-refractivity contribution in [2.75, 3.05) is 6.54 Å². The summed E-state index contributed by atoms with van der Waals surface area (Å²) in [4.78, 5) is 3.15. The Labute approximate surface area is 104 Å². The standard InChI is InChI=1S/C14H12N4/c15-7-1-3-10-5-6-11-13(9-10)17-18-14(11)12-4-2-8-16-12/h2,4-6,8-9,16H,7,15H2,(H,17,18). The summed E-state index contributed by atoms with van der Waals surface area (Å²) in [7, 11) is 0. The summed E-state index contributed by atoms with van der Waals surface area (Å²) in [5.41, 5.74) is 9.20. The molecule has 0 atom stereocenters. The van der Waals surface area contributed by atoms with Crippen molar-refractivity contribution in [3.63, 3.8) is 0 Å².